The van der Waals surface area contributed by atoms with Crippen LogP contribution in [0, 0.1) is 0 Å². The number of benzene rings is 1. The third-order valence-electron chi connectivity index (χ3n) is 5.69. The van der Waals surface area contributed by atoms with Crippen LogP contribution in [0.5, 0.6) is 5.75 Å². The summed E-state index contributed by atoms with van der Waals surface area (Å²) < 4.78 is 8.23. The van der Waals surface area contributed by atoms with Crippen LogP contribution in [0.15, 0.2) is 30.5 Å². The minimum absolute atomic E-state index is 0.184. The Morgan fingerprint density at radius 3 is 2.89 bits per heavy atom. The van der Waals surface area contributed by atoms with E-state index in [9.17, 15) is 4.79 Å². The lowest BCUT2D eigenvalue weighted by molar-refractivity contribution is -0.118. The molecular weight excluding hydrogens is 372 g/mol. The van der Waals surface area contributed by atoms with E-state index in [4.69, 9.17) is 15.5 Å². The standard InChI is InChI=1S/C21H24N4O2S/c22-20(26)13-25-12-9-15-17(25)4-2-5-18(15)27-14-7-10-24(11-8-14)21-23-16-3-1-6-19(16)28-21/h2,4-5,9,12,14H,1,3,6-8,10-11,13H2,(H2,22,26). The van der Waals surface area contributed by atoms with Gasteiger partial charge in [-0.25, -0.2) is 4.98 Å². The Hall–Kier alpha value is -2.54. The third-order valence-corrected chi connectivity index (χ3v) is 6.91. The number of ether oxygens (including phenoxy) is 1. The predicted octanol–water partition coefficient (Wildman–Crippen LogP) is 3.12. The summed E-state index contributed by atoms with van der Waals surface area (Å²) in [6.07, 6.45) is 7.68. The lowest BCUT2D eigenvalue weighted by atomic mass is 10.1. The van der Waals surface area contributed by atoms with E-state index in [2.05, 4.69) is 4.90 Å². The van der Waals surface area contributed by atoms with Gasteiger partial charge < -0.3 is 19.9 Å². The van der Waals surface area contributed by atoms with Crippen LogP contribution in [0.1, 0.15) is 29.8 Å². The van der Waals surface area contributed by atoms with E-state index in [0.717, 1.165) is 49.0 Å². The maximum absolute atomic E-state index is 11.3. The fraction of sp³-hybridized carbons (Fsp3) is 0.429. The number of primary amides is 1. The molecule has 1 aliphatic heterocycles. The molecule has 0 spiro atoms. The van der Waals surface area contributed by atoms with Crippen LogP contribution >= 0.6 is 11.3 Å². The van der Waals surface area contributed by atoms with Gasteiger partial charge in [0.2, 0.25) is 5.91 Å². The number of carbonyl (C=O) groups excluding carboxylic acids is 1. The summed E-state index contributed by atoms with van der Waals surface area (Å²) in [5.41, 5.74) is 7.65. The molecular formula is C21H24N4O2S. The Morgan fingerprint density at radius 1 is 1.25 bits per heavy atom. The Balaban J connectivity index is 1.26. The van der Waals surface area contributed by atoms with E-state index >= 15 is 0 Å². The van der Waals surface area contributed by atoms with Crippen molar-refractivity contribution in [2.45, 2.75) is 44.8 Å². The van der Waals surface area contributed by atoms with Crippen molar-refractivity contribution in [3.8, 4) is 5.75 Å². The van der Waals surface area contributed by atoms with Crippen LogP contribution in [0.4, 0.5) is 5.13 Å². The molecule has 3 aromatic rings. The van der Waals surface area contributed by atoms with E-state index < -0.39 is 0 Å². The zero-order valence-electron chi connectivity index (χ0n) is 15.8. The van der Waals surface area contributed by atoms with Crippen molar-refractivity contribution < 1.29 is 9.53 Å². The van der Waals surface area contributed by atoms with Crippen molar-refractivity contribution in [2.75, 3.05) is 18.0 Å². The second kappa shape index (κ2) is 7.13. The van der Waals surface area contributed by atoms with Crippen LogP contribution in [-0.2, 0) is 24.2 Å². The summed E-state index contributed by atoms with van der Waals surface area (Å²) in [6, 6.07) is 7.98. The maximum Gasteiger partial charge on any atom is 0.237 e. The predicted molar refractivity (Wildman–Crippen MR) is 111 cm³/mol. The van der Waals surface area contributed by atoms with E-state index in [-0.39, 0.29) is 18.6 Å². The molecule has 0 unspecified atom stereocenters. The second-order valence-electron chi connectivity index (χ2n) is 7.62. The number of fused-ring (bicyclic) bond motifs is 2. The van der Waals surface area contributed by atoms with Gasteiger partial charge in [-0.2, -0.15) is 0 Å². The van der Waals surface area contributed by atoms with Crippen molar-refractivity contribution in [2.24, 2.45) is 5.73 Å². The Morgan fingerprint density at radius 2 is 2.11 bits per heavy atom. The van der Waals surface area contributed by atoms with Gasteiger partial charge in [0, 0.05) is 42.4 Å². The van der Waals surface area contributed by atoms with Gasteiger partial charge in [0.25, 0.3) is 0 Å². The van der Waals surface area contributed by atoms with Crippen molar-refractivity contribution in [3.05, 3.63) is 41.0 Å². The first-order valence-corrected chi connectivity index (χ1v) is 10.8. The molecule has 0 saturated carbocycles. The van der Waals surface area contributed by atoms with Gasteiger partial charge in [0.05, 0.1) is 11.2 Å². The SMILES string of the molecule is NC(=O)Cn1ccc2c(OC3CCN(c4nc5c(s4)CCC5)CC3)cccc21. The molecule has 2 aliphatic rings. The first-order chi connectivity index (χ1) is 13.7. The van der Waals surface area contributed by atoms with Gasteiger partial charge in [0.15, 0.2) is 5.13 Å². The summed E-state index contributed by atoms with van der Waals surface area (Å²) in [5, 5.41) is 2.22. The highest BCUT2D eigenvalue weighted by molar-refractivity contribution is 7.15. The number of nitrogens with zero attached hydrogens (tertiary/aromatic N) is 3. The number of anilines is 1. The molecule has 3 heterocycles. The largest absolute Gasteiger partial charge is 0.490 e. The molecule has 2 N–H and O–H groups in total. The van der Waals surface area contributed by atoms with Gasteiger partial charge in [-0.05, 0) is 37.5 Å². The summed E-state index contributed by atoms with van der Waals surface area (Å²) in [6.45, 7) is 2.15. The van der Waals surface area contributed by atoms with Crippen molar-refractivity contribution in [1.82, 2.24) is 9.55 Å². The first-order valence-electron chi connectivity index (χ1n) is 9.94. The van der Waals surface area contributed by atoms with E-state index in [1.807, 2.05) is 46.4 Å². The molecule has 0 radical (unpaired) electrons. The molecule has 5 rings (SSSR count). The van der Waals surface area contributed by atoms with E-state index in [1.54, 1.807) is 0 Å². The number of carbonyl (C=O) groups is 1. The number of aromatic nitrogens is 2. The smallest absolute Gasteiger partial charge is 0.237 e. The van der Waals surface area contributed by atoms with E-state index in [1.165, 1.54) is 28.5 Å². The number of rotatable bonds is 5. The molecule has 1 aliphatic carbocycles. The number of thiazole rings is 1. The summed E-state index contributed by atoms with van der Waals surface area (Å²) in [7, 11) is 0. The minimum atomic E-state index is -0.343. The highest BCUT2D eigenvalue weighted by Gasteiger charge is 2.25. The Labute approximate surface area is 167 Å². The highest BCUT2D eigenvalue weighted by atomic mass is 32.1. The zero-order chi connectivity index (χ0) is 19.1. The molecule has 1 amide bonds. The van der Waals surface area contributed by atoms with Gasteiger partial charge in [0.1, 0.15) is 18.4 Å². The fourth-order valence-electron chi connectivity index (χ4n) is 4.26. The lowest BCUT2D eigenvalue weighted by Gasteiger charge is -2.32. The highest BCUT2D eigenvalue weighted by Crippen LogP contribution is 2.34. The number of piperidine rings is 1. The van der Waals surface area contributed by atoms with Gasteiger partial charge in [-0.1, -0.05) is 6.07 Å². The van der Waals surface area contributed by atoms with Crippen LogP contribution in [0.3, 0.4) is 0 Å². The quantitative estimate of drug-likeness (QED) is 0.719. The molecule has 7 heteroatoms. The summed E-state index contributed by atoms with van der Waals surface area (Å²) in [4.78, 5) is 20.0. The molecule has 0 atom stereocenters. The molecule has 28 heavy (non-hydrogen) atoms. The van der Waals surface area contributed by atoms with Crippen LogP contribution in [-0.4, -0.2) is 34.7 Å². The number of hydrogen-bond acceptors (Lipinski definition) is 5. The number of aryl methyl sites for hydroxylation is 2. The molecule has 0 bridgehead atoms. The van der Waals surface area contributed by atoms with E-state index in [0.29, 0.717) is 0 Å². The van der Waals surface area contributed by atoms with Crippen molar-refractivity contribution in [3.63, 3.8) is 0 Å². The normalized spacial score (nSPS) is 17.2. The lowest BCUT2D eigenvalue weighted by Crippen LogP contribution is -2.38. The topological polar surface area (TPSA) is 73.4 Å². The van der Waals surface area contributed by atoms with Crippen LogP contribution < -0.4 is 15.4 Å². The Kier molecular flexibility index (Phi) is 4.47. The number of amides is 1. The molecule has 6 nitrogen and oxygen atoms in total. The second-order valence-corrected chi connectivity index (χ2v) is 8.69. The fourth-order valence-corrected chi connectivity index (χ4v) is 5.46. The van der Waals surface area contributed by atoms with Gasteiger partial charge in [-0.15, -0.1) is 11.3 Å². The van der Waals surface area contributed by atoms with Crippen LogP contribution in [0.2, 0.25) is 0 Å². The van der Waals surface area contributed by atoms with Gasteiger partial charge >= 0.3 is 0 Å². The summed E-state index contributed by atoms with van der Waals surface area (Å²) in [5.74, 6) is 0.539. The molecule has 2 aromatic heterocycles. The van der Waals surface area contributed by atoms with Crippen molar-refractivity contribution >= 4 is 33.3 Å². The average Bonchev–Trinajstić information content (AvgIpc) is 3.38. The number of hydrogen-bond donors (Lipinski definition) is 1. The zero-order valence-corrected chi connectivity index (χ0v) is 16.6. The molecule has 1 saturated heterocycles. The minimum Gasteiger partial charge on any atom is -0.490 e. The van der Waals surface area contributed by atoms with Crippen molar-refractivity contribution in [1.29, 1.82) is 0 Å². The third kappa shape index (κ3) is 3.24. The first kappa shape index (κ1) is 17.6. The molecule has 1 aromatic carbocycles. The average molecular weight is 397 g/mol. The molecule has 1 fully saturated rings. The Bertz CT molecular complexity index is 995. The molecule has 146 valence electrons. The van der Waals surface area contributed by atoms with Gasteiger partial charge in [-0.3, -0.25) is 4.79 Å². The monoisotopic (exact) mass is 396 g/mol. The number of nitrogens with two attached hydrogens (primary N) is 1. The summed E-state index contributed by atoms with van der Waals surface area (Å²) >= 11 is 1.88. The maximum atomic E-state index is 11.3. The van der Waals surface area contributed by atoms with Crippen LogP contribution in [0.25, 0.3) is 10.9 Å².